The van der Waals surface area contributed by atoms with E-state index in [4.69, 9.17) is 16.3 Å². The van der Waals surface area contributed by atoms with E-state index in [0.717, 1.165) is 0 Å². The van der Waals surface area contributed by atoms with Gasteiger partial charge in [0, 0.05) is 12.1 Å². The molecule has 0 aliphatic carbocycles. The third kappa shape index (κ3) is 8.23. The molecule has 2 amide bonds. The van der Waals surface area contributed by atoms with Crippen molar-refractivity contribution in [1.29, 1.82) is 0 Å². The minimum atomic E-state index is -1.24. The Kier molecular flexibility index (Phi) is 8.46. The van der Waals surface area contributed by atoms with Gasteiger partial charge in [0.15, 0.2) is 6.04 Å². The van der Waals surface area contributed by atoms with E-state index in [-0.39, 0.29) is 35.1 Å². The van der Waals surface area contributed by atoms with E-state index in [1.54, 1.807) is 6.07 Å². The number of ether oxygens (including phenoxy) is 1. The van der Waals surface area contributed by atoms with Crippen molar-refractivity contribution in [2.45, 2.75) is 33.2 Å². The molecule has 1 aromatic carbocycles. The van der Waals surface area contributed by atoms with Crippen molar-refractivity contribution in [3.8, 4) is 0 Å². The zero-order chi connectivity index (χ0) is 20.6. The number of carbonyl (C=O) groups excluding carboxylic acids is 2. The van der Waals surface area contributed by atoms with E-state index in [0.29, 0.717) is 12.1 Å². The van der Waals surface area contributed by atoms with Gasteiger partial charge in [0.25, 0.3) is 5.91 Å². The van der Waals surface area contributed by atoms with Crippen molar-refractivity contribution < 1.29 is 24.2 Å². The second kappa shape index (κ2) is 10.1. The number of aliphatic carboxylic acids is 1. The predicted octanol–water partition coefficient (Wildman–Crippen LogP) is 3.10. The van der Waals surface area contributed by atoms with E-state index in [1.807, 2.05) is 20.8 Å². The summed E-state index contributed by atoms with van der Waals surface area (Å²) in [7, 11) is 0. The highest BCUT2D eigenvalue weighted by molar-refractivity contribution is 6.34. The molecule has 0 aliphatic rings. The quantitative estimate of drug-likeness (QED) is 0.439. The molecule has 27 heavy (non-hydrogen) atoms. The van der Waals surface area contributed by atoms with Crippen LogP contribution in [0.3, 0.4) is 0 Å². The van der Waals surface area contributed by atoms with Gasteiger partial charge in [-0.25, -0.2) is 4.79 Å². The number of hydrogen-bond acceptors (Lipinski definition) is 4. The monoisotopic (exact) mass is 396 g/mol. The molecule has 0 saturated heterocycles. The Bertz CT molecular complexity index is 713. The Morgan fingerprint density at radius 1 is 1.33 bits per heavy atom. The smallest absolute Gasteiger partial charge is 0.328 e. The topological polar surface area (TPSA) is 105 Å². The minimum Gasteiger partial charge on any atom is -0.480 e. The molecule has 0 aliphatic heterocycles. The first-order valence-electron chi connectivity index (χ1n) is 8.35. The van der Waals surface area contributed by atoms with Gasteiger partial charge in [-0.1, -0.05) is 38.4 Å². The number of carboxylic acids is 1. The van der Waals surface area contributed by atoms with Crippen LogP contribution in [-0.4, -0.2) is 42.1 Å². The molecule has 0 bridgehead atoms. The van der Waals surface area contributed by atoms with Crippen LogP contribution in [0.25, 0.3) is 0 Å². The van der Waals surface area contributed by atoms with Crippen LogP contribution in [-0.2, 0) is 14.3 Å². The minimum absolute atomic E-state index is 0.0557. The van der Waals surface area contributed by atoms with Crippen molar-refractivity contribution in [1.82, 2.24) is 5.32 Å². The summed E-state index contributed by atoms with van der Waals surface area (Å²) in [6, 6.07) is 3.20. The SMILES string of the molecule is C=CCOCC(NC(=O)c1cc(NC(=O)CC(C)(C)C)ccc1Cl)C(=O)O. The number of halogens is 1. The van der Waals surface area contributed by atoms with Crippen LogP contribution in [0.2, 0.25) is 5.02 Å². The predicted molar refractivity (Wildman–Crippen MR) is 104 cm³/mol. The molecule has 148 valence electrons. The third-order valence-corrected chi connectivity index (χ3v) is 3.64. The molecule has 0 spiro atoms. The van der Waals surface area contributed by atoms with Gasteiger partial charge in [-0.3, -0.25) is 9.59 Å². The Morgan fingerprint density at radius 3 is 2.56 bits per heavy atom. The van der Waals surface area contributed by atoms with Gasteiger partial charge >= 0.3 is 5.97 Å². The molecule has 3 N–H and O–H groups in total. The van der Waals surface area contributed by atoms with Crippen molar-refractivity contribution in [3.63, 3.8) is 0 Å². The van der Waals surface area contributed by atoms with Crippen LogP contribution in [0, 0.1) is 5.41 Å². The fourth-order valence-corrected chi connectivity index (χ4v) is 2.35. The highest BCUT2D eigenvalue weighted by Gasteiger charge is 2.23. The third-order valence-electron chi connectivity index (χ3n) is 3.31. The molecule has 1 atom stereocenters. The lowest BCUT2D eigenvalue weighted by atomic mass is 9.92. The number of amides is 2. The number of hydrogen-bond donors (Lipinski definition) is 3. The Morgan fingerprint density at radius 2 is 2.00 bits per heavy atom. The van der Waals surface area contributed by atoms with E-state index >= 15 is 0 Å². The van der Waals surface area contributed by atoms with Crippen LogP contribution >= 0.6 is 11.6 Å². The van der Waals surface area contributed by atoms with Crippen LogP contribution < -0.4 is 10.6 Å². The number of benzene rings is 1. The van der Waals surface area contributed by atoms with Crippen LogP contribution in [0.15, 0.2) is 30.9 Å². The standard InChI is InChI=1S/C19H25ClN2O5/c1-5-8-27-11-15(18(25)26)22-17(24)13-9-12(6-7-14(13)20)21-16(23)10-19(2,3)4/h5-7,9,15H,1,8,10-11H2,2-4H3,(H,21,23)(H,22,24)(H,25,26). The highest BCUT2D eigenvalue weighted by atomic mass is 35.5. The molecule has 0 fully saturated rings. The summed E-state index contributed by atoms with van der Waals surface area (Å²) in [5.74, 6) is -2.11. The lowest BCUT2D eigenvalue weighted by molar-refractivity contribution is -0.140. The van der Waals surface area contributed by atoms with E-state index in [2.05, 4.69) is 17.2 Å². The number of nitrogens with one attached hydrogen (secondary N) is 2. The number of carboxylic acid groups (broad SMARTS) is 1. The molecule has 0 radical (unpaired) electrons. The van der Waals surface area contributed by atoms with Gasteiger partial charge in [-0.2, -0.15) is 0 Å². The van der Waals surface area contributed by atoms with Crippen LogP contribution in [0.1, 0.15) is 37.6 Å². The first kappa shape index (κ1) is 22.7. The average Bonchev–Trinajstić information content (AvgIpc) is 2.53. The zero-order valence-electron chi connectivity index (χ0n) is 15.7. The average molecular weight is 397 g/mol. The molecule has 0 aromatic heterocycles. The molecule has 7 nitrogen and oxygen atoms in total. The van der Waals surface area contributed by atoms with Crippen LogP contribution in [0.4, 0.5) is 5.69 Å². The van der Waals surface area contributed by atoms with Gasteiger partial charge in [-0.15, -0.1) is 6.58 Å². The molecule has 1 unspecified atom stereocenters. The lowest BCUT2D eigenvalue weighted by Gasteiger charge is -2.18. The Balaban J connectivity index is 2.88. The molecule has 0 heterocycles. The van der Waals surface area contributed by atoms with Gasteiger partial charge in [0.2, 0.25) is 5.91 Å². The first-order chi connectivity index (χ1) is 12.5. The molecular formula is C19H25ClN2O5. The summed E-state index contributed by atoms with van der Waals surface area (Å²) in [4.78, 5) is 35.8. The molecule has 1 aromatic rings. The number of carbonyl (C=O) groups is 3. The van der Waals surface area contributed by atoms with E-state index < -0.39 is 17.9 Å². The summed E-state index contributed by atoms with van der Waals surface area (Å²) < 4.78 is 5.09. The van der Waals surface area contributed by atoms with E-state index in [1.165, 1.54) is 18.2 Å². The summed E-state index contributed by atoms with van der Waals surface area (Å²) in [5, 5.41) is 14.4. The molecular weight excluding hydrogens is 372 g/mol. The van der Waals surface area contributed by atoms with Gasteiger partial charge in [0.05, 0.1) is 23.8 Å². The van der Waals surface area contributed by atoms with Crippen molar-refractivity contribution >= 4 is 35.1 Å². The maximum absolute atomic E-state index is 12.4. The molecule has 8 heteroatoms. The van der Waals surface area contributed by atoms with Crippen molar-refractivity contribution in [3.05, 3.63) is 41.4 Å². The van der Waals surface area contributed by atoms with Gasteiger partial charge in [0.1, 0.15) is 0 Å². The summed E-state index contributed by atoms with van der Waals surface area (Å²) in [5.41, 5.74) is 0.269. The number of anilines is 1. The zero-order valence-corrected chi connectivity index (χ0v) is 16.4. The Hall–Kier alpha value is -2.38. The molecule has 0 saturated carbocycles. The van der Waals surface area contributed by atoms with Gasteiger partial charge < -0.3 is 20.5 Å². The van der Waals surface area contributed by atoms with Crippen molar-refractivity contribution in [2.75, 3.05) is 18.5 Å². The Labute approximate surface area is 163 Å². The lowest BCUT2D eigenvalue weighted by Crippen LogP contribution is -2.44. The summed E-state index contributed by atoms with van der Waals surface area (Å²) in [6.45, 7) is 9.23. The van der Waals surface area contributed by atoms with E-state index in [9.17, 15) is 19.5 Å². The van der Waals surface area contributed by atoms with Crippen LogP contribution in [0.5, 0.6) is 0 Å². The summed E-state index contributed by atoms with van der Waals surface area (Å²) >= 11 is 6.06. The maximum Gasteiger partial charge on any atom is 0.328 e. The fraction of sp³-hybridized carbons (Fsp3) is 0.421. The van der Waals surface area contributed by atoms with Gasteiger partial charge in [-0.05, 0) is 23.6 Å². The normalized spacial score (nSPS) is 12.1. The first-order valence-corrected chi connectivity index (χ1v) is 8.73. The second-order valence-corrected chi connectivity index (χ2v) is 7.58. The second-order valence-electron chi connectivity index (χ2n) is 7.17. The highest BCUT2D eigenvalue weighted by Crippen LogP contribution is 2.23. The maximum atomic E-state index is 12.4. The molecule has 1 rings (SSSR count). The van der Waals surface area contributed by atoms with Crippen molar-refractivity contribution in [2.24, 2.45) is 5.41 Å². The number of rotatable bonds is 9. The fourth-order valence-electron chi connectivity index (χ4n) is 2.14. The summed E-state index contributed by atoms with van der Waals surface area (Å²) in [6.07, 6.45) is 1.78. The largest absolute Gasteiger partial charge is 0.480 e.